The zero-order valence-electron chi connectivity index (χ0n) is 15.4. The van der Waals surface area contributed by atoms with Crippen LogP contribution in [0.3, 0.4) is 0 Å². The first-order valence-electron chi connectivity index (χ1n) is 8.95. The van der Waals surface area contributed by atoms with Gasteiger partial charge in [-0.2, -0.15) is 0 Å². The van der Waals surface area contributed by atoms with Crippen molar-refractivity contribution >= 4 is 35.3 Å². The molecule has 9 nitrogen and oxygen atoms in total. The van der Waals surface area contributed by atoms with Crippen LogP contribution in [-0.2, 0) is 0 Å². The minimum atomic E-state index is -0.694. The van der Waals surface area contributed by atoms with Crippen LogP contribution in [0, 0.1) is 20.2 Å². The standard InChI is InChI=1S/C18H20N4O5S2/c23-14-12-19(28-17-8-3-1-6-15(17)21(24)25)10-5-11-20(13-14)29-18-9-4-2-7-16(18)22(26)27/h1-4,6-9,14,23H,5,10-13H2. The summed E-state index contributed by atoms with van der Waals surface area (Å²) in [4.78, 5) is 22.7. The van der Waals surface area contributed by atoms with E-state index < -0.39 is 16.0 Å². The topological polar surface area (TPSA) is 113 Å². The lowest BCUT2D eigenvalue weighted by Gasteiger charge is -2.31. The molecule has 0 atom stereocenters. The van der Waals surface area contributed by atoms with Crippen molar-refractivity contribution in [2.24, 2.45) is 0 Å². The third kappa shape index (κ3) is 5.90. The van der Waals surface area contributed by atoms with E-state index in [0.717, 1.165) is 6.42 Å². The van der Waals surface area contributed by atoms with Crippen molar-refractivity contribution in [3.05, 3.63) is 68.8 Å². The Balaban J connectivity index is 1.64. The number of rotatable bonds is 6. The van der Waals surface area contributed by atoms with Crippen molar-refractivity contribution in [1.29, 1.82) is 0 Å². The van der Waals surface area contributed by atoms with Crippen LogP contribution in [0.25, 0.3) is 0 Å². The van der Waals surface area contributed by atoms with Gasteiger partial charge in [-0.3, -0.25) is 20.2 Å². The molecule has 0 aliphatic carbocycles. The Morgan fingerprint density at radius 1 is 0.828 bits per heavy atom. The molecular weight excluding hydrogens is 416 g/mol. The molecule has 1 N–H and O–H groups in total. The highest BCUT2D eigenvalue weighted by Crippen LogP contribution is 2.34. The number of benzene rings is 2. The summed E-state index contributed by atoms with van der Waals surface area (Å²) in [5.41, 5.74) is 0.0882. The van der Waals surface area contributed by atoms with Gasteiger partial charge in [-0.25, -0.2) is 8.61 Å². The van der Waals surface area contributed by atoms with E-state index in [2.05, 4.69) is 0 Å². The second kappa shape index (κ2) is 10.0. The number of β-amino-alcohol motifs (C(OH)–C–C–N with tert-alkyl or cyclic N) is 1. The number of nitro benzene ring substituents is 2. The van der Waals surface area contributed by atoms with Crippen molar-refractivity contribution in [2.75, 3.05) is 26.2 Å². The van der Waals surface area contributed by atoms with Crippen molar-refractivity contribution in [3.8, 4) is 0 Å². The third-order valence-corrected chi connectivity index (χ3v) is 6.49. The highest BCUT2D eigenvalue weighted by molar-refractivity contribution is 7.97. The summed E-state index contributed by atoms with van der Waals surface area (Å²) < 4.78 is 3.86. The van der Waals surface area contributed by atoms with Crippen LogP contribution in [0.15, 0.2) is 58.3 Å². The molecule has 0 saturated carbocycles. The van der Waals surface area contributed by atoms with Gasteiger partial charge in [0.25, 0.3) is 11.4 Å². The van der Waals surface area contributed by atoms with Crippen LogP contribution in [-0.4, -0.2) is 55.8 Å². The first-order valence-corrected chi connectivity index (χ1v) is 10.5. The molecule has 0 radical (unpaired) electrons. The molecule has 11 heteroatoms. The zero-order chi connectivity index (χ0) is 20.8. The maximum absolute atomic E-state index is 11.2. The highest BCUT2D eigenvalue weighted by Gasteiger charge is 2.25. The first kappa shape index (κ1) is 21.5. The van der Waals surface area contributed by atoms with Gasteiger partial charge in [-0.15, -0.1) is 0 Å². The number of para-hydroxylation sites is 2. The molecule has 1 heterocycles. The second-order valence-corrected chi connectivity index (χ2v) is 8.69. The van der Waals surface area contributed by atoms with Crippen molar-refractivity contribution < 1.29 is 15.0 Å². The van der Waals surface area contributed by atoms with Crippen LogP contribution in [0.4, 0.5) is 11.4 Å². The Labute approximate surface area is 176 Å². The quantitative estimate of drug-likeness (QED) is 0.412. The van der Waals surface area contributed by atoms with E-state index in [4.69, 9.17) is 0 Å². The molecule has 0 aromatic heterocycles. The summed E-state index contributed by atoms with van der Waals surface area (Å²) in [6.07, 6.45) is 0.0642. The molecule has 2 aromatic carbocycles. The predicted octanol–water partition coefficient (Wildman–Crippen LogP) is 3.59. The molecule has 29 heavy (non-hydrogen) atoms. The molecule has 0 spiro atoms. The Bertz CT molecular complexity index is 815. The summed E-state index contributed by atoms with van der Waals surface area (Å²) in [5.74, 6) is 0. The van der Waals surface area contributed by atoms with E-state index in [1.54, 1.807) is 36.4 Å². The zero-order valence-corrected chi connectivity index (χ0v) is 17.1. The predicted molar refractivity (Wildman–Crippen MR) is 112 cm³/mol. The molecule has 0 bridgehead atoms. The molecule has 1 aliphatic rings. The SMILES string of the molecule is O=[N+]([O-])c1ccccc1SN1CCCN(Sc2ccccc2[N+](=O)[O-])CC(O)C1. The molecule has 0 amide bonds. The number of nitrogens with zero attached hydrogens (tertiary/aromatic N) is 4. The summed E-state index contributed by atoms with van der Waals surface area (Å²) in [6.45, 7) is 1.93. The van der Waals surface area contributed by atoms with Gasteiger partial charge < -0.3 is 5.11 Å². The average Bonchev–Trinajstić information content (AvgIpc) is 2.67. The fourth-order valence-corrected chi connectivity index (χ4v) is 5.19. The molecule has 3 rings (SSSR count). The van der Waals surface area contributed by atoms with Gasteiger partial charge in [0, 0.05) is 38.3 Å². The van der Waals surface area contributed by atoms with Crippen molar-refractivity contribution in [1.82, 2.24) is 8.61 Å². The van der Waals surface area contributed by atoms with E-state index in [0.29, 0.717) is 36.0 Å². The smallest absolute Gasteiger partial charge is 0.284 e. The normalized spacial score (nSPS) is 16.9. The lowest BCUT2D eigenvalue weighted by molar-refractivity contribution is -0.387. The number of aliphatic hydroxyl groups excluding tert-OH is 1. The molecule has 0 unspecified atom stereocenters. The Morgan fingerprint density at radius 3 is 1.66 bits per heavy atom. The van der Waals surface area contributed by atoms with E-state index in [9.17, 15) is 25.3 Å². The monoisotopic (exact) mass is 436 g/mol. The minimum Gasteiger partial charge on any atom is -0.390 e. The number of nitro groups is 2. The van der Waals surface area contributed by atoms with E-state index in [1.807, 2.05) is 8.61 Å². The third-order valence-electron chi connectivity index (χ3n) is 4.22. The maximum atomic E-state index is 11.2. The molecule has 1 fully saturated rings. The van der Waals surface area contributed by atoms with Gasteiger partial charge in [-0.05, 0) is 42.4 Å². The molecule has 154 valence electrons. The Hall–Kier alpha value is -2.18. The molecule has 1 aliphatic heterocycles. The number of hydrogen-bond acceptors (Lipinski definition) is 9. The van der Waals surface area contributed by atoms with Crippen LogP contribution in [0.5, 0.6) is 0 Å². The summed E-state index contributed by atoms with van der Waals surface area (Å²) >= 11 is 2.55. The summed E-state index contributed by atoms with van der Waals surface area (Å²) in [5, 5.41) is 32.9. The largest absolute Gasteiger partial charge is 0.390 e. The minimum absolute atomic E-state index is 0.0441. The molecule has 2 aromatic rings. The van der Waals surface area contributed by atoms with E-state index >= 15 is 0 Å². The lowest BCUT2D eigenvalue weighted by Crippen LogP contribution is -2.40. The van der Waals surface area contributed by atoms with E-state index in [1.165, 1.54) is 36.0 Å². The Kier molecular flexibility index (Phi) is 7.45. The maximum Gasteiger partial charge on any atom is 0.284 e. The summed E-state index contributed by atoms with van der Waals surface area (Å²) in [6, 6.07) is 13.1. The van der Waals surface area contributed by atoms with Crippen LogP contribution >= 0.6 is 23.9 Å². The average molecular weight is 437 g/mol. The van der Waals surface area contributed by atoms with Crippen molar-refractivity contribution in [3.63, 3.8) is 0 Å². The van der Waals surface area contributed by atoms with Crippen LogP contribution in [0.1, 0.15) is 6.42 Å². The van der Waals surface area contributed by atoms with Crippen LogP contribution < -0.4 is 0 Å². The first-order chi connectivity index (χ1) is 13.9. The fourth-order valence-electron chi connectivity index (χ4n) is 2.95. The van der Waals surface area contributed by atoms with Crippen molar-refractivity contribution in [2.45, 2.75) is 22.3 Å². The Morgan fingerprint density at radius 2 is 1.24 bits per heavy atom. The number of aliphatic hydroxyl groups is 1. The highest BCUT2D eigenvalue weighted by atomic mass is 32.2. The van der Waals surface area contributed by atoms with Gasteiger partial charge in [0.2, 0.25) is 0 Å². The van der Waals surface area contributed by atoms with Crippen LogP contribution in [0.2, 0.25) is 0 Å². The van der Waals surface area contributed by atoms with Gasteiger partial charge in [-0.1, -0.05) is 24.3 Å². The fraction of sp³-hybridized carbons (Fsp3) is 0.333. The molecule has 1 saturated heterocycles. The van der Waals surface area contributed by atoms with E-state index in [-0.39, 0.29) is 11.4 Å². The van der Waals surface area contributed by atoms with Gasteiger partial charge >= 0.3 is 0 Å². The van der Waals surface area contributed by atoms with Gasteiger partial charge in [0.15, 0.2) is 0 Å². The summed E-state index contributed by atoms with van der Waals surface area (Å²) in [7, 11) is 0. The second-order valence-electron chi connectivity index (χ2n) is 6.42. The molecular formula is C18H20N4O5S2. The van der Waals surface area contributed by atoms with Gasteiger partial charge in [0.1, 0.15) is 9.79 Å². The van der Waals surface area contributed by atoms with Gasteiger partial charge in [0.05, 0.1) is 16.0 Å². The lowest BCUT2D eigenvalue weighted by atomic mass is 10.3. The number of hydrogen-bond donors (Lipinski definition) is 1.